The van der Waals surface area contributed by atoms with Gasteiger partial charge >= 0.3 is 12.1 Å². The molecule has 3 amide bonds. The number of rotatable bonds is 19. The first kappa shape index (κ1) is 39.4. The number of carbonyl (C=O) groups excluding carboxylic acids is 3. The van der Waals surface area contributed by atoms with Crippen molar-refractivity contribution in [3.8, 4) is 11.1 Å². The van der Waals surface area contributed by atoms with Crippen LogP contribution in [0.1, 0.15) is 46.6 Å². The van der Waals surface area contributed by atoms with Crippen LogP contribution in [0.5, 0.6) is 0 Å². The highest BCUT2D eigenvalue weighted by molar-refractivity contribution is 5.91. The van der Waals surface area contributed by atoms with Gasteiger partial charge in [0.25, 0.3) is 0 Å². The molecular formula is C45H45N3O8. The van der Waals surface area contributed by atoms with E-state index in [0.29, 0.717) is 0 Å². The normalized spacial score (nSPS) is 12.5. The van der Waals surface area contributed by atoms with Gasteiger partial charge in [0.2, 0.25) is 11.8 Å². The van der Waals surface area contributed by atoms with Crippen molar-refractivity contribution in [3.63, 3.8) is 0 Å². The monoisotopic (exact) mass is 755 g/mol. The lowest BCUT2D eigenvalue weighted by molar-refractivity contribution is -0.138. The summed E-state index contributed by atoms with van der Waals surface area (Å²) in [7, 11) is 0. The van der Waals surface area contributed by atoms with Gasteiger partial charge in [-0.3, -0.25) is 14.4 Å². The molecule has 0 saturated heterocycles. The molecular weight excluding hydrogens is 711 g/mol. The van der Waals surface area contributed by atoms with Crippen molar-refractivity contribution in [2.45, 2.75) is 30.3 Å². The zero-order chi connectivity index (χ0) is 39.2. The molecule has 11 heteroatoms. The number of amides is 3. The van der Waals surface area contributed by atoms with E-state index >= 15 is 0 Å². The summed E-state index contributed by atoms with van der Waals surface area (Å²) in [6.07, 6.45) is -1.34. The Morgan fingerprint density at radius 2 is 1.11 bits per heavy atom. The first-order valence-electron chi connectivity index (χ1n) is 18.6. The molecule has 1 aliphatic carbocycles. The lowest BCUT2D eigenvalue weighted by Crippen LogP contribution is -2.53. The number of hydrogen-bond acceptors (Lipinski definition) is 7. The highest BCUT2D eigenvalue weighted by Gasteiger charge is 2.39. The van der Waals surface area contributed by atoms with E-state index in [9.17, 15) is 19.2 Å². The molecule has 288 valence electrons. The molecule has 0 spiro atoms. The standard InChI is InChI=1S/C45H45N3O8/c49-41(48-45(32-14-4-1-5-15-32,33-16-6-2-7-17-33)34-18-8-3-9-19-34)30-40(43(52)46-25-27-55-29-28-54-26-24-42(50)51)47-44(53)56-31-39-37-22-12-10-20-35(37)36-21-11-13-23-38(36)39/h1-23,39-40H,24-31H2,(H,46,52)(H,47,53)(H,48,49)(H,50,51)/t40-/m0/s1. The molecule has 0 aliphatic heterocycles. The summed E-state index contributed by atoms with van der Waals surface area (Å²) in [5.41, 5.74) is 5.54. The van der Waals surface area contributed by atoms with Crippen LogP contribution in [0, 0.1) is 0 Å². The zero-order valence-electron chi connectivity index (χ0n) is 30.9. The Balaban J connectivity index is 1.18. The number of ether oxygens (including phenoxy) is 3. The molecule has 0 aromatic heterocycles. The Morgan fingerprint density at radius 1 is 0.625 bits per heavy atom. The van der Waals surface area contributed by atoms with Crippen LogP contribution < -0.4 is 16.0 Å². The van der Waals surface area contributed by atoms with E-state index in [4.69, 9.17) is 19.3 Å². The van der Waals surface area contributed by atoms with Crippen molar-refractivity contribution < 1.29 is 38.5 Å². The second kappa shape index (κ2) is 19.3. The van der Waals surface area contributed by atoms with Crippen LogP contribution in [-0.4, -0.2) is 74.6 Å². The van der Waals surface area contributed by atoms with Gasteiger partial charge in [-0.25, -0.2) is 4.79 Å². The van der Waals surface area contributed by atoms with Crippen molar-refractivity contribution in [2.75, 3.05) is 39.6 Å². The fraction of sp³-hybridized carbons (Fsp3) is 0.244. The van der Waals surface area contributed by atoms with Crippen LogP contribution >= 0.6 is 0 Å². The van der Waals surface area contributed by atoms with Crippen molar-refractivity contribution in [1.29, 1.82) is 0 Å². The van der Waals surface area contributed by atoms with Gasteiger partial charge in [-0.05, 0) is 38.9 Å². The number of nitrogens with one attached hydrogen (secondary N) is 3. The average Bonchev–Trinajstić information content (AvgIpc) is 3.55. The highest BCUT2D eigenvalue weighted by atomic mass is 16.5. The highest BCUT2D eigenvalue weighted by Crippen LogP contribution is 2.44. The second-order valence-electron chi connectivity index (χ2n) is 13.3. The van der Waals surface area contributed by atoms with Crippen molar-refractivity contribution in [2.24, 2.45) is 0 Å². The van der Waals surface area contributed by atoms with Gasteiger partial charge in [-0.2, -0.15) is 0 Å². The lowest BCUT2D eigenvalue weighted by Gasteiger charge is -2.37. The molecule has 0 saturated carbocycles. The number of aliphatic carboxylic acids is 1. The van der Waals surface area contributed by atoms with E-state index < -0.39 is 41.9 Å². The largest absolute Gasteiger partial charge is 0.481 e. The predicted molar refractivity (Wildman–Crippen MR) is 211 cm³/mol. The van der Waals surface area contributed by atoms with Crippen molar-refractivity contribution in [1.82, 2.24) is 16.0 Å². The Hall–Kier alpha value is -6.30. The first-order chi connectivity index (χ1) is 27.4. The van der Waals surface area contributed by atoms with Gasteiger partial charge in [0.05, 0.1) is 39.3 Å². The summed E-state index contributed by atoms with van der Waals surface area (Å²) < 4.78 is 16.5. The Labute approximate surface area is 326 Å². The summed E-state index contributed by atoms with van der Waals surface area (Å²) in [6, 6.07) is 43.5. The van der Waals surface area contributed by atoms with E-state index in [1.807, 2.05) is 140 Å². The number of hydrogen-bond donors (Lipinski definition) is 4. The van der Waals surface area contributed by atoms with Crippen molar-refractivity contribution >= 4 is 23.9 Å². The van der Waals surface area contributed by atoms with E-state index in [-0.39, 0.29) is 51.9 Å². The maximum Gasteiger partial charge on any atom is 0.407 e. The van der Waals surface area contributed by atoms with Crippen molar-refractivity contribution in [3.05, 3.63) is 167 Å². The molecule has 0 unspecified atom stereocenters. The van der Waals surface area contributed by atoms with Gasteiger partial charge in [0, 0.05) is 12.5 Å². The molecule has 0 heterocycles. The van der Waals surface area contributed by atoms with E-state index in [1.165, 1.54) is 0 Å². The summed E-state index contributed by atoms with van der Waals surface area (Å²) in [5, 5.41) is 17.4. The number of alkyl carbamates (subject to hydrolysis) is 1. The third-order valence-electron chi connectivity index (χ3n) is 9.67. The number of carboxylic acid groups (broad SMARTS) is 1. The van der Waals surface area contributed by atoms with Crippen LogP contribution in [0.3, 0.4) is 0 Å². The number of carboxylic acids is 1. The van der Waals surface area contributed by atoms with Gasteiger partial charge < -0.3 is 35.3 Å². The number of carbonyl (C=O) groups is 4. The maximum atomic E-state index is 14.3. The topological polar surface area (TPSA) is 152 Å². The molecule has 4 N–H and O–H groups in total. The van der Waals surface area contributed by atoms with Gasteiger partial charge in [-0.15, -0.1) is 0 Å². The fourth-order valence-electron chi connectivity index (χ4n) is 7.07. The molecule has 11 nitrogen and oxygen atoms in total. The summed E-state index contributed by atoms with van der Waals surface area (Å²) >= 11 is 0. The smallest absolute Gasteiger partial charge is 0.407 e. The first-order valence-corrected chi connectivity index (χ1v) is 18.6. The zero-order valence-corrected chi connectivity index (χ0v) is 30.9. The Kier molecular flexibility index (Phi) is 13.6. The third-order valence-corrected chi connectivity index (χ3v) is 9.67. The lowest BCUT2D eigenvalue weighted by atomic mass is 9.77. The molecule has 56 heavy (non-hydrogen) atoms. The molecule has 6 rings (SSSR count). The molecule has 5 aromatic rings. The molecule has 1 aliphatic rings. The van der Waals surface area contributed by atoms with Crippen LogP contribution in [0.4, 0.5) is 4.79 Å². The van der Waals surface area contributed by atoms with Gasteiger partial charge in [-0.1, -0.05) is 140 Å². The summed E-state index contributed by atoms with van der Waals surface area (Å²) in [4.78, 5) is 52.2. The van der Waals surface area contributed by atoms with Crippen LogP contribution in [0.2, 0.25) is 0 Å². The minimum atomic E-state index is -1.30. The van der Waals surface area contributed by atoms with Crippen LogP contribution in [-0.2, 0) is 34.1 Å². The number of fused-ring (bicyclic) bond motifs is 3. The van der Waals surface area contributed by atoms with Crippen LogP contribution in [0.15, 0.2) is 140 Å². The van der Waals surface area contributed by atoms with E-state index in [1.54, 1.807) is 0 Å². The number of benzene rings is 5. The molecule has 0 fully saturated rings. The second-order valence-corrected chi connectivity index (χ2v) is 13.3. The fourth-order valence-corrected chi connectivity index (χ4v) is 7.07. The Bertz CT molecular complexity index is 1940. The Morgan fingerprint density at radius 3 is 1.62 bits per heavy atom. The SMILES string of the molecule is O=C(O)CCOCCOCCNC(=O)[C@H](CC(=O)NC(c1ccccc1)(c1ccccc1)c1ccccc1)NC(=O)OCC1c2ccccc2-c2ccccc21. The minimum Gasteiger partial charge on any atom is -0.481 e. The summed E-state index contributed by atoms with van der Waals surface area (Å²) in [6.45, 7) is 0.694. The van der Waals surface area contributed by atoms with E-state index in [2.05, 4.69) is 16.0 Å². The molecule has 5 aromatic carbocycles. The minimum absolute atomic E-state index is 0.0297. The molecule has 1 atom stereocenters. The van der Waals surface area contributed by atoms with E-state index in [0.717, 1.165) is 38.9 Å². The third kappa shape index (κ3) is 9.67. The summed E-state index contributed by atoms with van der Waals surface area (Å²) in [5.74, 6) is -2.23. The van der Waals surface area contributed by atoms with Gasteiger partial charge in [0.1, 0.15) is 18.2 Å². The average molecular weight is 756 g/mol. The van der Waals surface area contributed by atoms with Crippen LogP contribution in [0.25, 0.3) is 11.1 Å². The maximum absolute atomic E-state index is 14.3. The molecule has 0 radical (unpaired) electrons. The van der Waals surface area contributed by atoms with Gasteiger partial charge in [0.15, 0.2) is 0 Å². The molecule has 0 bridgehead atoms. The predicted octanol–water partition coefficient (Wildman–Crippen LogP) is 6.02. The quantitative estimate of drug-likeness (QED) is 0.0591.